The Kier molecular flexibility index (Phi) is 8.29. The van der Waals surface area contributed by atoms with E-state index in [1.165, 1.54) is 6.08 Å². The maximum atomic E-state index is 12.4. The van der Waals surface area contributed by atoms with Crippen LogP contribution in [-0.2, 0) is 11.3 Å². The van der Waals surface area contributed by atoms with E-state index >= 15 is 0 Å². The SMILES string of the molecule is COc1cccc(C(CNC(=O)/C=C/c2c(C)nn(CC(C)C)c2Cl)N(C)C)c1. The molecule has 1 heterocycles. The van der Waals surface area contributed by atoms with Gasteiger partial charge >= 0.3 is 0 Å². The highest BCUT2D eigenvalue weighted by molar-refractivity contribution is 6.31. The largest absolute Gasteiger partial charge is 0.497 e. The Bertz CT molecular complexity index is 858. The predicted molar refractivity (Wildman–Crippen MR) is 118 cm³/mol. The van der Waals surface area contributed by atoms with Crippen molar-refractivity contribution in [3.8, 4) is 5.75 Å². The number of aryl methyl sites for hydroxylation is 1. The van der Waals surface area contributed by atoms with E-state index in [2.05, 4.69) is 29.2 Å². The summed E-state index contributed by atoms with van der Waals surface area (Å²) in [5.41, 5.74) is 2.66. The molecule has 1 aromatic carbocycles. The maximum absolute atomic E-state index is 12.4. The predicted octanol–water partition coefficient (Wildman–Crippen LogP) is 3.94. The number of aromatic nitrogens is 2. The fourth-order valence-corrected chi connectivity index (χ4v) is 3.39. The first-order valence-corrected chi connectivity index (χ1v) is 10.1. The number of rotatable bonds is 9. The number of hydrogen-bond donors (Lipinski definition) is 1. The lowest BCUT2D eigenvalue weighted by molar-refractivity contribution is -0.116. The summed E-state index contributed by atoms with van der Waals surface area (Å²) in [4.78, 5) is 14.5. The van der Waals surface area contributed by atoms with Crippen LogP contribution in [0, 0.1) is 12.8 Å². The van der Waals surface area contributed by atoms with Gasteiger partial charge in [-0.3, -0.25) is 9.48 Å². The summed E-state index contributed by atoms with van der Waals surface area (Å²) >= 11 is 6.43. The van der Waals surface area contributed by atoms with E-state index in [1.807, 2.05) is 45.3 Å². The van der Waals surface area contributed by atoms with Crippen molar-refractivity contribution < 1.29 is 9.53 Å². The van der Waals surface area contributed by atoms with Crippen molar-refractivity contribution in [3.05, 3.63) is 52.3 Å². The third-order valence-corrected chi connectivity index (χ3v) is 5.02. The fraction of sp³-hybridized carbons (Fsp3) is 0.455. The van der Waals surface area contributed by atoms with Crippen molar-refractivity contribution in [2.45, 2.75) is 33.4 Å². The molecule has 0 aliphatic carbocycles. The molecule has 2 rings (SSSR count). The number of halogens is 1. The molecule has 0 aliphatic heterocycles. The van der Waals surface area contributed by atoms with E-state index in [0.29, 0.717) is 17.6 Å². The van der Waals surface area contributed by atoms with Crippen LogP contribution in [0.5, 0.6) is 5.75 Å². The normalized spacial score (nSPS) is 12.7. The Morgan fingerprint density at radius 2 is 2.10 bits per heavy atom. The van der Waals surface area contributed by atoms with Crippen LogP contribution in [0.15, 0.2) is 30.3 Å². The topological polar surface area (TPSA) is 59.4 Å². The number of likely N-dealkylation sites (N-methyl/N-ethyl adjacent to an activating group) is 1. The minimum absolute atomic E-state index is 0.0292. The minimum atomic E-state index is -0.174. The van der Waals surface area contributed by atoms with Gasteiger partial charge < -0.3 is 15.0 Å². The van der Waals surface area contributed by atoms with Crippen molar-refractivity contribution in [1.29, 1.82) is 0 Å². The molecule has 29 heavy (non-hydrogen) atoms. The standard InChI is InChI=1S/C22H31ClN4O2/c1-15(2)14-27-22(23)19(16(3)25-27)10-11-21(28)24-13-20(26(4)5)17-8-7-9-18(12-17)29-6/h7-12,15,20H,13-14H2,1-6H3,(H,24,28)/b11-10+. The van der Waals surface area contributed by atoms with E-state index in [-0.39, 0.29) is 11.9 Å². The average molecular weight is 419 g/mol. The smallest absolute Gasteiger partial charge is 0.244 e. The fourth-order valence-electron chi connectivity index (χ4n) is 3.09. The summed E-state index contributed by atoms with van der Waals surface area (Å²) in [6.07, 6.45) is 3.24. The number of ether oxygens (including phenoxy) is 1. The lowest BCUT2D eigenvalue weighted by Crippen LogP contribution is -2.33. The molecule has 158 valence electrons. The highest BCUT2D eigenvalue weighted by atomic mass is 35.5. The molecule has 1 aromatic heterocycles. The molecule has 1 unspecified atom stereocenters. The van der Waals surface area contributed by atoms with Gasteiger partial charge in [0.1, 0.15) is 10.9 Å². The van der Waals surface area contributed by atoms with Crippen LogP contribution in [0.4, 0.5) is 0 Å². The third-order valence-electron chi connectivity index (χ3n) is 4.62. The Hall–Kier alpha value is -2.31. The molecule has 0 fully saturated rings. The first-order valence-electron chi connectivity index (χ1n) is 9.72. The zero-order chi connectivity index (χ0) is 21.6. The minimum Gasteiger partial charge on any atom is -0.497 e. The number of carbonyl (C=O) groups excluding carboxylic acids is 1. The summed E-state index contributed by atoms with van der Waals surface area (Å²) in [6.45, 7) is 7.33. The zero-order valence-corrected chi connectivity index (χ0v) is 18.8. The van der Waals surface area contributed by atoms with Crippen LogP contribution in [0.2, 0.25) is 5.15 Å². The van der Waals surface area contributed by atoms with Gasteiger partial charge in [0, 0.05) is 24.7 Å². The van der Waals surface area contributed by atoms with Gasteiger partial charge in [-0.1, -0.05) is 37.6 Å². The van der Waals surface area contributed by atoms with Crippen LogP contribution in [0.3, 0.4) is 0 Å². The Balaban J connectivity index is 2.05. The molecule has 0 aliphatic rings. The van der Waals surface area contributed by atoms with Crippen molar-refractivity contribution in [3.63, 3.8) is 0 Å². The maximum Gasteiger partial charge on any atom is 0.244 e. The molecule has 0 radical (unpaired) electrons. The van der Waals surface area contributed by atoms with Crippen molar-refractivity contribution in [1.82, 2.24) is 20.0 Å². The molecule has 0 saturated carbocycles. The molecule has 1 N–H and O–H groups in total. The average Bonchev–Trinajstić information content (AvgIpc) is 2.92. The summed E-state index contributed by atoms with van der Waals surface area (Å²) in [5, 5.41) is 7.99. The van der Waals surface area contributed by atoms with E-state index < -0.39 is 0 Å². The van der Waals surface area contributed by atoms with Gasteiger partial charge in [-0.05, 0) is 50.7 Å². The van der Waals surface area contributed by atoms with Crippen molar-refractivity contribution in [2.75, 3.05) is 27.7 Å². The Morgan fingerprint density at radius 1 is 1.38 bits per heavy atom. The van der Waals surface area contributed by atoms with E-state index in [4.69, 9.17) is 16.3 Å². The van der Waals surface area contributed by atoms with Crippen molar-refractivity contribution >= 4 is 23.6 Å². The van der Waals surface area contributed by atoms with Gasteiger partial charge in [-0.2, -0.15) is 5.10 Å². The molecular formula is C22H31ClN4O2. The molecule has 1 atom stereocenters. The second kappa shape index (κ2) is 10.5. The first-order chi connectivity index (χ1) is 13.7. The van der Waals surface area contributed by atoms with Gasteiger partial charge in [0.2, 0.25) is 5.91 Å². The first kappa shape index (κ1) is 23.0. The highest BCUT2D eigenvalue weighted by Crippen LogP contribution is 2.23. The van der Waals surface area contributed by atoms with Crippen LogP contribution < -0.4 is 10.1 Å². The lowest BCUT2D eigenvalue weighted by Gasteiger charge is -2.25. The van der Waals surface area contributed by atoms with Crippen LogP contribution in [-0.4, -0.2) is 48.3 Å². The van der Waals surface area contributed by atoms with Gasteiger partial charge in [0.25, 0.3) is 0 Å². The van der Waals surface area contributed by atoms with Gasteiger partial charge in [-0.25, -0.2) is 0 Å². The van der Waals surface area contributed by atoms with Gasteiger partial charge in [0.05, 0.1) is 18.8 Å². The second-order valence-electron chi connectivity index (χ2n) is 7.70. The number of carbonyl (C=O) groups is 1. The number of hydrogen-bond acceptors (Lipinski definition) is 4. The highest BCUT2D eigenvalue weighted by Gasteiger charge is 2.16. The Morgan fingerprint density at radius 3 is 2.72 bits per heavy atom. The molecule has 1 amide bonds. The lowest BCUT2D eigenvalue weighted by atomic mass is 10.1. The van der Waals surface area contributed by atoms with E-state index in [1.54, 1.807) is 17.9 Å². The van der Waals surface area contributed by atoms with Crippen molar-refractivity contribution in [2.24, 2.45) is 5.92 Å². The number of methoxy groups -OCH3 is 1. The molecule has 0 saturated heterocycles. The van der Waals surface area contributed by atoms with Crippen LogP contribution in [0.1, 0.15) is 36.7 Å². The molecular weight excluding hydrogens is 388 g/mol. The summed E-state index contributed by atoms with van der Waals surface area (Å²) in [5.74, 6) is 1.06. The monoisotopic (exact) mass is 418 g/mol. The second-order valence-corrected chi connectivity index (χ2v) is 8.06. The number of benzene rings is 1. The van der Waals surface area contributed by atoms with Gasteiger partial charge in [0.15, 0.2) is 0 Å². The van der Waals surface area contributed by atoms with Crippen LogP contribution in [0.25, 0.3) is 6.08 Å². The van der Waals surface area contributed by atoms with Gasteiger partial charge in [-0.15, -0.1) is 0 Å². The Labute approximate surface area is 178 Å². The molecule has 2 aromatic rings. The summed E-state index contributed by atoms with van der Waals surface area (Å²) in [7, 11) is 5.61. The third kappa shape index (κ3) is 6.34. The quantitative estimate of drug-likeness (QED) is 0.626. The molecule has 6 nitrogen and oxygen atoms in total. The van der Waals surface area contributed by atoms with E-state index in [9.17, 15) is 4.79 Å². The number of nitrogens with one attached hydrogen (secondary N) is 1. The number of nitrogens with zero attached hydrogens (tertiary/aromatic N) is 3. The van der Waals surface area contributed by atoms with E-state index in [0.717, 1.165) is 29.1 Å². The molecule has 0 spiro atoms. The number of amides is 1. The van der Waals surface area contributed by atoms with Crippen LogP contribution >= 0.6 is 11.6 Å². The summed E-state index contributed by atoms with van der Waals surface area (Å²) < 4.78 is 7.09. The zero-order valence-electron chi connectivity index (χ0n) is 18.1. The molecule has 7 heteroatoms. The molecule has 0 bridgehead atoms. The summed E-state index contributed by atoms with van der Waals surface area (Å²) in [6, 6.07) is 7.90.